The molecule has 0 fully saturated rings. The summed E-state index contributed by atoms with van der Waals surface area (Å²) in [5, 5.41) is 4.09. The fraction of sp³-hybridized carbons (Fsp3) is 0.636. The second-order valence-corrected chi connectivity index (χ2v) is 5.14. The molecule has 0 saturated heterocycles. The average molecular weight is 256 g/mol. The number of rotatable bonds is 5. The molecule has 1 aromatic rings. The first-order valence-electron chi connectivity index (χ1n) is 5.52. The van der Waals surface area contributed by atoms with E-state index in [1.165, 1.54) is 0 Å². The molecule has 1 heterocycles. The Bertz CT molecular complexity index is 391. The summed E-state index contributed by atoms with van der Waals surface area (Å²) in [6, 6.07) is 0.191. The number of carbonyl (C=O) groups is 1. The summed E-state index contributed by atoms with van der Waals surface area (Å²) in [6.45, 7) is 2.03. The van der Waals surface area contributed by atoms with Crippen molar-refractivity contribution in [3.63, 3.8) is 0 Å². The van der Waals surface area contributed by atoms with Crippen molar-refractivity contribution < 1.29 is 4.79 Å². The number of aromatic nitrogens is 2. The molecule has 0 radical (unpaired) electrons. The van der Waals surface area contributed by atoms with E-state index < -0.39 is 0 Å². The summed E-state index contributed by atoms with van der Waals surface area (Å²) >= 11 is 1.78. The first kappa shape index (κ1) is 13.9. The van der Waals surface area contributed by atoms with Crippen molar-refractivity contribution in [2.75, 3.05) is 24.8 Å². The lowest BCUT2D eigenvalue weighted by Crippen LogP contribution is -2.36. The molecule has 1 rings (SSSR count). The van der Waals surface area contributed by atoms with E-state index in [1.807, 2.05) is 6.92 Å². The van der Waals surface area contributed by atoms with Crippen LogP contribution in [-0.2, 0) is 7.05 Å². The molecule has 6 heteroatoms. The minimum Gasteiger partial charge on any atom is -0.396 e. The van der Waals surface area contributed by atoms with Gasteiger partial charge in [-0.15, -0.1) is 0 Å². The Morgan fingerprint density at radius 3 is 2.82 bits per heavy atom. The van der Waals surface area contributed by atoms with Crippen LogP contribution in [-0.4, -0.2) is 45.7 Å². The molecule has 0 saturated carbocycles. The molecule has 0 spiro atoms. The molecular weight excluding hydrogens is 236 g/mol. The van der Waals surface area contributed by atoms with Gasteiger partial charge in [-0.05, 0) is 25.4 Å². The Morgan fingerprint density at radius 1 is 1.71 bits per heavy atom. The van der Waals surface area contributed by atoms with E-state index >= 15 is 0 Å². The van der Waals surface area contributed by atoms with E-state index in [0.717, 1.165) is 12.2 Å². The van der Waals surface area contributed by atoms with Gasteiger partial charge in [-0.3, -0.25) is 9.48 Å². The van der Waals surface area contributed by atoms with Gasteiger partial charge >= 0.3 is 0 Å². The largest absolute Gasteiger partial charge is 0.396 e. The molecule has 96 valence electrons. The maximum absolute atomic E-state index is 12.1. The van der Waals surface area contributed by atoms with Crippen LogP contribution in [0.15, 0.2) is 6.20 Å². The monoisotopic (exact) mass is 256 g/mol. The molecule has 1 aromatic heterocycles. The summed E-state index contributed by atoms with van der Waals surface area (Å²) in [7, 11) is 3.55. The minimum atomic E-state index is -0.114. The molecule has 0 bridgehead atoms. The van der Waals surface area contributed by atoms with Gasteiger partial charge in [0.15, 0.2) is 5.69 Å². The van der Waals surface area contributed by atoms with Gasteiger partial charge in [0.25, 0.3) is 5.91 Å². The molecular formula is C11H20N4OS. The van der Waals surface area contributed by atoms with E-state index in [9.17, 15) is 4.79 Å². The lowest BCUT2D eigenvalue weighted by Gasteiger charge is -2.24. The maximum Gasteiger partial charge on any atom is 0.276 e. The van der Waals surface area contributed by atoms with E-state index in [2.05, 4.69) is 11.4 Å². The van der Waals surface area contributed by atoms with Crippen molar-refractivity contribution in [1.29, 1.82) is 0 Å². The molecule has 1 atom stereocenters. The highest BCUT2D eigenvalue weighted by Gasteiger charge is 2.21. The van der Waals surface area contributed by atoms with Gasteiger partial charge in [0.2, 0.25) is 0 Å². The van der Waals surface area contributed by atoms with Gasteiger partial charge in [-0.25, -0.2) is 0 Å². The fourth-order valence-corrected chi connectivity index (χ4v) is 2.10. The first-order chi connectivity index (χ1) is 7.97. The van der Waals surface area contributed by atoms with Crippen LogP contribution in [0.2, 0.25) is 0 Å². The Morgan fingerprint density at radius 2 is 2.35 bits per heavy atom. The van der Waals surface area contributed by atoms with Gasteiger partial charge in [0.05, 0.1) is 5.69 Å². The number of aryl methyl sites for hydroxylation is 1. The van der Waals surface area contributed by atoms with Gasteiger partial charge in [-0.1, -0.05) is 0 Å². The molecule has 0 aliphatic rings. The summed E-state index contributed by atoms with van der Waals surface area (Å²) < 4.78 is 1.56. The Balaban J connectivity index is 2.72. The standard InChI is InChI=1S/C11H20N4OS/c1-8(5-6-17-4)15(3)11(16)10-9(12)7-14(2)13-10/h7-8H,5-6,12H2,1-4H3. The van der Waals surface area contributed by atoms with Crippen molar-refractivity contribution in [3.8, 4) is 0 Å². The molecule has 1 amide bonds. The first-order valence-corrected chi connectivity index (χ1v) is 6.92. The number of thioether (sulfide) groups is 1. The van der Waals surface area contributed by atoms with Crippen LogP contribution >= 0.6 is 11.8 Å². The predicted octanol–water partition coefficient (Wildman–Crippen LogP) is 1.22. The zero-order valence-corrected chi connectivity index (χ0v) is 11.6. The normalized spacial score (nSPS) is 12.5. The SMILES string of the molecule is CSCCC(C)N(C)C(=O)c1nn(C)cc1N. The van der Waals surface area contributed by atoms with E-state index in [0.29, 0.717) is 11.4 Å². The number of hydrogen-bond acceptors (Lipinski definition) is 4. The van der Waals surface area contributed by atoms with Crippen molar-refractivity contribution in [3.05, 3.63) is 11.9 Å². The third kappa shape index (κ3) is 3.39. The smallest absolute Gasteiger partial charge is 0.276 e. The van der Waals surface area contributed by atoms with E-state index in [4.69, 9.17) is 5.73 Å². The zero-order valence-electron chi connectivity index (χ0n) is 10.8. The lowest BCUT2D eigenvalue weighted by atomic mass is 10.2. The van der Waals surface area contributed by atoms with Crippen LogP contribution in [0, 0.1) is 0 Å². The molecule has 17 heavy (non-hydrogen) atoms. The van der Waals surface area contributed by atoms with Crippen molar-refractivity contribution >= 4 is 23.4 Å². The zero-order chi connectivity index (χ0) is 13.0. The summed E-state index contributed by atoms with van der Waals surface area (Å²) in [5.41, 5.74) is 6.52. The third-order valence-electron chi connectivity index (χ3n) is 2.78. The van der Waals surface area contributed by atoms with E-state index in [1.54, 1.807) is 41.6 Å². The second-order valence-electron chi connectivity index (χ2n) is 4.15. The van der Waals surface area contributed by atoms with Gasteiger partial charge in [0.1, 0.15) is 0 Å². The van der Waals surface area contributed by atoms with Crippen molar-refractivity contribution in [2.24, 2.45) is 7.05 Å². The van der Waals surface area contributed by atoms with Crippen LogP contribution in [0.5, 0.6) is 0 Å². The van der Waals surface area contributed by atoms with Crippen LogP contribution in [0.1, 0.15) is 23.8 Å². The number of carbonyl (C=O) groups excluding carboxylic acids is 1. The van der Waals surface area contributed by atoms with Crippen LogP contribution in [0.4, 0.5) is 5.69 Å². The molecule has 0 aliphatic heterocycles. The Hall–Kier alpha value is -1.17. The number of nitrogens with zero attached hydrogens (tertiary/aromatic N) is 3. The highest BCUT2D eigenvalue weighted by molar-refractivity contribution is 7.98. The van der Waals surface area contributed by atoms with Crippen LogP contribution < -0.4 is 5.73 Å². The van der Waals surface area contributed by atoms with Gasteiger partial charge in [-0.2, -0.15) is 16.9 Å². The Kier molecular flexibility index (Phi) is 4.86. The number of amides is 1. The van der Waals surface area contributed by atoms with Gasteiger partial charge in [0, 0.05) is 26.3 Å². The topological polar surface area (TPSA) is 64.2 Å². The van der Waals surface area contributed by atoms with Crippen LogP contribution in [0.25, 0.3) is 0 Å². The van der Waals surface area contributed by atoms with Crippen molar-refractivity contribution in [2.45, 2.75) is 19.4 Å². The average Bonchev–Trinajstić information content (AvgIpc) is 2.63. The highest BCUT2D eigenvalue weighted by atomic mass is 32.2. The summed E-state index contributed by atoms with van der Waals surface area (Å²) in [6.07, 6.45) is 4.68. The third-order valence-corrected chi connectivity index (χ3v) is 3.42. The lowest BCUT2D eigenvalue weighted by molar-refractivity contribution is 0.0735. The molecule has 2 N–H and O–H groups in total. The molecule has 0 aliphatic carbocycles. The quantitative estimate of drug-likeness (QED) is 0.860. The molecule has 0 aromatic carbocycles. The predicted molar refractivity (Wildman–Crippen MR) is 72.2 cm³/mol. The summed E-state index contributed by atoms with van der Waals surface area (Å²) in [4.78, 5) is 13.9. The Labute approximate surface area is 106 Å². The van der Waals surface area contributed by atoms with Crippen LogP contribution in [0.3, 0.4) is 0 Å². The van der Waals surface area contributed by atoms with Crippen molar-refractivity contribution in [1.82, 2.24) is 14.7 Å². The fourth-order valence-electron chi connectivity index (χ4n) is 1.52. The van der Waals surface area contributed by atoms with E-state index in [-0.39, 0.29) is 11.9 Å². The highest BCUT2D eigenvalue weighted by Crippen LogP contribution is 2.14. The maximum atomic E-state index is 12.1. The number of hydrogen-bond donors (Lipinski definition) is 1. The molecule has 1 unspecified atom stereocenters. The minimum absolute atomic E-state index is 0.114. The number of nitrogen functional groups attached to an aromatic ring is 1. The molecule has 5 nitrogen and oxygen atoms in total. The number of anilines is 1. The van der Waals surface area contributed by atoms with Gasteiger partial charge < -0.3 is 10.6 Å². The number of nitrogens with two attached hydrogens (primary N) is 1. The summed E-state index contributed by atoms with van der Waals surface area (Å²) in [5.74, 6) is 0.924. The second kappa shape index (κ2) is 5.95.